The molecule has 0 bridgehead atoms. The second kappa shape index (κ2) is 9.97. The van der Waals surface area contributed by atoms with E-state index in [-0.39, 0.29) is 12.5 Å². The zero-order valence-electron chi connectivity index (χ0n) is 17.6. The van der Waals surface area contributed by atoms with Crippen LogP contribution >= 0.6 is 0 Å². The Hall–Kier alpha value is -4.17. The van der Waals surface area contributed by atoms with Gasteiger partial charge in [-0.3, -0.25) is 9.63 Å². The summed E-state index contributed by atoms with van der Waals surface area (Å²) in [7, 11) is 0. The van der Waals surface area contributed by atoms with E-state index in [1.165, 1.54) is 0 Å². The Morgan fingerprint density at radius 3 is 2.03 bits per heavy atom. The summed E-state index contributed by atoms with van der Waals surface area (Å²) >= 11 is 0. The van der Waals surface area contributed by atoms with Gasteiger partial charge in [-0.25, -0.2) is 15.1 Å². The fraction of sp³-hybridized carbons (Fsp3) is 0.160. The maximum absolute atomic E-state index is 12.6. The van der Waals surface area contributed by atoms with Crippen molar-refractivity contribution in [2.24, 2.45) is 0 Å². The summed E-state index contributed by atoms with van der Waals surface area (Å²) in [4.78, 5) is 40.5. The van der Waals surface area contributed by atoms with Crippen LogP contribution in [-0.2, 0) is 19.2 Å². The predicted molar refractivity (Wildman–Crippen MR) is 119 cm³/mol. The number of ether oxygens (including phenoxy) is 1. The molecule has 0 radical (unpaired) electrons. The van der Waals surface area contributed by atoms with Gasteiger partial charge in [0.15, 0.2) is 6.61 Å². The summed E-state index contributed by atoms with van der Waals surface area (Å²) in [5.74, 6) is -2.09. The molecule has 0 saturated heterocycles. The van der Waals surface area contributed by atoms with E-state index in [9.17, 15) is 14.4 Å². The largest absolute Gasteiger partial charge is 0.479 e. The maximum Gasteiger partial charge on any atom is 0.408 e. The lowest BCUT2D eigenvalue weighted by Crippen LogP contribution is -2.41. The van der Waals surface area contributed by atoms with Gasteiger partial charge in [-0.1, -0.05) is 78.9 Å². The second-order valence-corrected chi connectivity index (χ2v) is 7.46. The fourth-order valence-corrected chi connectivity index (χ4v) is 3.93. The molecule has 3 aromatic rings. The smallest absolute Gasteiger partial charge is 0.408 e. The topological polar surface area (TPSA) is 114 Å². The molecule has 0 unspecified atom stereocenters. The number of nitrogens with one attached hydrogen (secondary N) is 2. The van der Waals surface area contributed by atoms with Crippen LogP contribution in [0.5, 0.6) is 0 Å². The first-order valence-corrected chi connectivity index (χ1v) is 10.3. The van der Waals surface area contributed by atoms with Gasteiger partial charge in [0.2, 0.25) is 0 Å². The Bertz CT molecular complexity index is 1120. The lowest BCUT2D eigenvalue weighted by molar-refractivity contribution is -0.150. The van der Waals surface area contributed by atoms with Gasteiger partial charge in [0.25, 0.3) is 5.91 Å². The summed E-state index contributed by atoms with van der Waals surface area (Å²) in [5, 5.41) is 11.2. The first-order valence-electron chi connectivity index (χ1n) is 10.3. The highest BCUT2D eigenvalue weighted by atomic mass is 16.7. The summed E-state index contributed by atoms with van der Waals surface area (Å²) in [6, 6.07) is 23.3. The average Bonchev–Trinajstić information content (AvgIpc) is 3.15. The molecule has 0 heterocycles. The summed E-state index contributed by atoms with van der Waals surface area (Å²) < 4.78 is 5.52. The van der Waals surface area contributed by atoms with Crippen molar-refractivity contribution >= 4 is 18.0 Å². The summed E-state index contributed by atoms with van der Waals surface area (Å²) in [6.45, 7) is -0.614. The molecule has 1 atom stereocenters. The number of fused-ring (bicyclic) bond motifs is 3. The molecule has 168 valence electrons. The van der Waals surface area contributed by atoms with Crippen LogP contribution in [0.25, 0.3) is 11.1 Å². The van der Waals surface area contributed by atoms with Crippen molar-refractivity contribution in [3.8, 4) is 11.1 Å². The number of aliphatic carboxylic acids is 1. The molecule has 33 heavy (non-hydrogen) atoms. The lowest BCUT2D eigenvalue weighted by Gasteiger charge is -2.19. The first-order chi connectivity index (χ1) is 16.0. The van der Waals surface area contributed by atoms with E-state index >= 15 is 0 Å². The maximum atomic E-state index is 12.6. The van der Waals surface area contributed by atoms with Gasteiger partial charge in [-0.05, 0) is 27.8 Å². The van der Waals surface area contributed by atoms with Gasteiger partial charge in [-0.2, -0.15) is 0 Å². The number of amides is 2. The number of hydrogen-bond donors (Lipinski definition) is 3. The zero-order chi connectivity index (χ0) is 23.2. The van der Waals surface area contributed by atoms with Crippen LogP contribution in [0.4, 0.5) is 4.79 Å². The van der Waals surface area contributed by atoms with Crippen LogP contribution in [0.15, 0.2) is 78.9 Å². The van der Waals surface area contributed by atoms with Crippen molar-refractivity contribution < 1.29 is 29.1 Å². The molecule has 0 spiro atoms. The van der Waals surface area contributed by atoms with E-state index < -0.39 is 30.6 Å². The molecule has 3 N–H and O–H groups in total. The molecule has 0 saturated carbocycles. The van der Waals surface area contributed by atoms with Gasteiger partial charge >= 0.3 is 12.1 Å². The number of rotatable bonds is 8. The number of hydrogen-bond acceptors (Lipinski definition) is 5. The molecule has 0 aliphatic heterocycles. The molecule has 0 fully saturated rings. The minimum atomic E-state index is -1.24. The molecular weight excluding hydrogens is 424 g/mol. The monoisotopic (exact) mass is 446 g/mol. The van der Waals surface area contributed by atoms with Crippen LogP contribution < -0.4 is 10.8 Å². The van der Waals surface area contributed by atoms with Crippen molar-refractivity contribution in [2.45, 2.75) is 12.0 Å². The van der Waals surface area contributed by atoms with Gasteiger partial charge in [0.1, 0.15) is 12.6 Å². The van der Waals surface area contributed by atoms with Crippen LogP contribution in [-0.4, -0.2) is 36.3 Å². The van der Waals surface area contributed by atoms with Crippen molar-refractivity contribution in [1.29, 1.82) is 0 Å². The highest BCUT2D eigenvalue weighted by Gasteiger charge is 2.30. The van der Waals surface area contributed by atoms with E-state index in [1.807, 2.05) is 48.5 Å². The molecule has 4 rings (SSSR count). The second-order valence-electron chi connectivity index (χ2n) is 7.46. The third kappa shape index (κ3) is 5.02. The number of carboxylic acids is 1. The zero-order valence-corrected chi connectivity index (χ0v) is 17.6. The number of carbonyl (C=O) groups is 3. The molecule has 1 aliphatic carbocycles. The van der Waals surface area contributed by atoms with E-state index in [1.54, 1.807) is 30.3 Å². The van der Waals surface area contributed by atoms with E-state index in [0.29, 0.717) is 5.56 Å². The van der Waals surface area contributed by atoms with E-state index in [4.69, 9.17) is 9.84 Å². The van der Waals surface area contributed by atoms with Crippen molar-refractivity contribution in [1.82, 2.24) is 10.8 Å². The average molecular weight is 446 g/mol. The molecular formula is C25H22N2O6. The molecule has 8 nitrogen and oxygen atoms in total. The Kier molecular flexibility index (Phi) is 6.66. The lowest BCUT2D eigenvalue weighted by atomic mass is 9.98. The van der Waals surface area contributed by atoms with Gasteiger partial charge in [0.05, 0.1) is 0 Å². The quantitative estimate of drug-likeness (QED) is 0.457. The standard InChI is InChI=1S/C25H22N2O6/c28-22(29)15-33-27-24(30)23(16-8-2-1-3-9-16)26-25(31)32-14-21-19-12-6-4-10-17(19)18-11-5-7-13-20(18)21/h1-13,21,23H,14-15H2,(H,26,31)(H,27,30)(H,28,29)/t23-/m1/s1. The minimum absolute atomic E-state index is 0.0957. The molecule has 1 aliphatic rings. The fourth-order valence-electron chi connectivity index (χ4n) is 3.93. The Balaban J connectivity index is 1.45. The molecule has 2 amide bonds. The number of carboxylic acid groups (broad SMARTS) is 1. The normalized spacial score (nSPS) is 12.8. The van der Waals surface area contributed by atoms with Gasteiger partial charge in [-0.15, -0.1) is 0 Å². The van der Waals surface area contributed by atoms with Gasteiger partial charge < -0.3 is 15.2 Å². The highest BCUT2D eigenvalue weighted by Crippen LogP contribution is 2.44. The first kappa shape index (κ1) is 22.0. The van der Waals surface area contributed by atoms with E-state index in [0.717, 1.165) is 22.3 Å². The van der Waals surface area contributed by atoms with Crippen molar-refractivity contribution in [3.63, 3.8) is 0 Å². The number of carbonyl (C=O) groups excluding carboxylic acids is 2. The Labute approximate surface area is 190 Å². The highest BCUT2D eigenvalue weighted by molar-refractivity contribution is 5.86. The summed E-state index contributed by atoms with van der Waals surface area (Å²) in [6.07, 6.45) is -0.779. The van der Waals surface area contributed by atoms with Crippen LogP contribution in [0.3, 0.4) is 0 Å². The third-order valence-corrected chi connectivity index (χ3v) is 5.37. The molecule has 3 aromatic carbocycles. The SMILES string of the molecule is O=C(O)CONC(=O)[C@H](NC(=O)OCC1c2ccccc2-c2ccccc21)c1ccccc1. The number of alkyl carbamates (subject to hydrolysis) is 1. The van der Waals surface area contributed by atoms with Crippen molar-refractivity contribution in [3.05, 3.63) is 95.6 Å². The van der Waals surface area contributed by atoms with Crippen LogP contribution in [0.2, 0.25) is 0 Å². The molecule has 8 heteroatoms. The van der Waals surface area contributed by atoms with Crippen molar-refractivity contribution in [2.75, 3.05) is 13.2 Å². The van der Waals surface area contributed by atoms with Crippen LogP contribution in [0.1, 0.15) is 28.7 Å². The summed E-state index contributed by atoms with van der Waals surface area (Å²) in [5.41, 5.74) is 6.91. The Morgan fingerprint density at radius 2 is 1.42 bits per heavy atom. The third-order valence-electron chi connectivity index (χ3n) is 5.37. The van der Waals surface area contributed by atoms with Gasteiger partial charge in [0, 0.05) is 5.92 Å². The minimum Gasteiger partial charge on any atom is -0.479 e. The van der Waals surface area contributed by atoms with E-state index in [2.05, 4.69) is 15.6 Å². The molecule has 0 aromatic heterocycles. The predicted octanol–water partition coefficient (Wildman–Crippen LogP) is 3.40. The number of hydroxylamine groups is 1. The van der Waals surface area contributed by atoms with Crippen LogP contribution in [0, 0.1) is 0 Å². The number of benzene rings is 3. The Morgan fingerprint density at radius 1 is 0.848 bits per heavy atom.